The third kappa shape index (κ3) is 4.28. The summed E-state index contributed by atoms with van der Waals surface area (Å²) in [6, 6.07) is 0. The molecule has 4 heteroatoms. The molecule has 1 atom stereocenters. The van der Waals surface area contributed by atoms with Crippen molar-refractivity contribution in [2.75, 3.05) is 13.7 Å². The minimum atomic E-state index is -0.287. The van der Waals surface area contributed by atoms with Gasteiger partial charge in [0.15, 0.2) is 0 Å². The molecule has 1 unspecified atom stereocenters. The second-order valence-corrected chi connectivity index (χ2v) is 5.03. The first-order valence-corrected chi connectivity index (χ1v) is 6.05. The van der Waals surface area contributed by atoms with E-state index in [1.807, 2.05) is 6.92 Å². The van der Waals surface area contributed by atoms with Gasteiger partial charge in [-0.05, 0) is 26.7 Å². The predicted molar refractivity (Wildman–Crippen MR) is 62.4 cm³/mol. The van der Waals surface area contributed by atoms with Crippen LogP contribution >= 0.6 is 11.3 Å². The fourth-order valence-corrected chi connectivity index (χ4v) is 2.40. The standard InChI is InChI=1S/C11H19NO2S/c1-8-9(2)15-11(12-8)7-10(13)5-4-6-14-3/h10,13H,4-7H2,1-3H3. The highest BCUT2D eigenvalue weighted by Crippen LogP contribution is 2.18. The van der Waals surface area contributed by atoms with E-state index in [1.165, 1.54) is 4.88 Å². The van der Waals surface area contributed by atoms with Gasteiger partial charge in [-0.2, -0.15) is 0 Å². The summed E-state index contributed by atoms with van der Waals surface area (Å²) in [6.07, 6.45) is 2.07. The van der Waals surface area contributed by atoms with Crippen LogP contribution in [0, 0.1) is 13.8 Å². The first kappa shape index (κ1) is 12.6. The molecular formula is C11H19NO2S. The topological polar surface area (TPSA) is 42.4 Å². The lowest BCUT2D eigenvalue weighted by atomic mass is 10.1. The third-order valence-electron chi connectivity index (χ3n) is 2.37. The molecule has 3 nitrogen and oxygen atoms in total. The van der Waals surface area contributed by atoms with Crippen molar-refractivity contribution in [1.29, 1.82) is 0 Å². The normalized spacial score (nSPS) is 13.1. The van der Waals surface area contributed by atoms with E-state index < -0.39 is 0 Å². The lowest BCUT2D eigenvalue weighted by molar-refractivity contribution is 0.135. The van der Waals surface area contributed by atoms with Crippen molar-refractivity contribution < 1.29 is 9.84 Å². The maximum absolute atomic E-state index is 9.74. The number of ether oxygens (including phenoxy) is 1. The Morgan fingerprint density at radius 2 is 2.20 bits per heavy atom. The second-order valence-electron chi connectivity index (χ2n) is 3.74. The van der Waals surface area contributed by atoms with Gasteiger partial charge in [-0.15, -0.1) is 11.3 Å². The van der Waals surface area contributed by atoms with Crippen LogP contribution < -0.4 is 0 Å². The van der Waals surface area contributed by atoms with Crippen molar-refractivity contribution in [2.24, 2.45) is 0 Å². The number of nitrogens with zero attached hydrogens (tertiary/aromatic N) is 1. The number of aromatic nitrogens is 1. The Bertz CT molecular complexity index is 279. The van der Waals surface area contributed by atoms with Gasteiger partial charge in [0.05, 0.1) is 16.8 Å². The monoisotopic (exact) mass is 229 g/mol. The van der Waals surface area contributed by atoms with Gasteiger partial charge in [-0.3, -0.25) is 0 Å². The van der Waals surface area contributed by atoms with Crippen LogP contribution in [0.5, 0.6) is 0 Å². The van der Waals surface area contributed by atoms with Crippen LogP contribution in [0.4, 0.5) is 0 Å². The Kier molecular flexibility index (Phi) is 5.22. The van der Waals surface area contributed by atoms with Crippen molar-refractivity contribution in [3.63, 3.8) is 0 Å². The summed E-state index contributed by atoms with van der Waals surface area (Å²) in [5, 5.41) is 10.8. The fraction of sp³-hybridized carbons (Fsp3) is 0.727. The number of aliphatic hydroxyl groups is 1. The first-order valence-electron chi connectivity index (χ1n) is 5.23. The minimum absolute atomic E-state index is 0.287. The molecule has 0 amide bonds. The van der Waals surface area contributed by atoms with Crippen molar-refractivity contribution in [2.45, 2.75) is 39.2 Å². The maximum atomic E-state index is 9.74. The quantitative estimate of drug-likeness (QED) is 0.760. The highest BCUT2D eigenvalue weighted by atomic mass is 32.1. The van der Waals surface area contributed by atoms with Gasteiger partial charge in [-0.25, -0.2) is 4.98 Å². The molecule has 0 spiro atoms. The summed E-state index contributed by atoms with van der Waals surface area (Å²) in [5.74, 6) is 0. The lowest BCUT2D eigenvalue weighted by Gasteiger charge is -2.07. The average Bonchev–Trinajstić information content (AvgIpc) is 2.46. The zero-order valence-electron chi connectivity index (χ0n) is 9.62. The van der Waals surface area contributed by atoms with Gasteiger partial charge in [0.2, 0.25) is 0 Å². The Balaban J connectivity index is 2.34. The predicted octanol–water partition coefficient (Wildman–Crippen LogP) is 2.09. The highest BCUT2D eigenvalue weighted by molar-refractivity contribution is 7.11. The summed E-state index contributed by atoms with van der Waals surface area (Å²) in [7, 11) is 1.68. The maximum Gasteiger partial charge on any atom is 0.0956 e. The van der Waals surface area contributed by atoms with Crippen LogP contribution in [0.3, 0.4) is 0 Å². The first-order chi connectivity index (χ1) is 7.13. The van der Waals surface area contributed by atoms with E-state index in [0.717, 1.165) is 23.5 Å². The van der Waals surface area contributed by atoms with Crippen LogP contribution in [0.15, 0.2) is 0 Å². The van der Waals surface area contributed by atoms with E-state index in [4.69, 9.17) is 4.74 Å². The van der Waals surface area contributed by atoms with E-state index in [0.29, 0.717) is 13.0 Å². The number of aryl methyl sites for hydroxylation is 2. The number of hydrogen-bond donors (Lipinski definition) is 1. The van der Waals surface area contributed by atoms with E-state index >= 15 is 0 Å². The molecule has 0 aliphatic heterocycles. The summed E-state index contributed by atoms with van der Waals surface area (Å²) in [5.41, 5.74) is 1.08. The van der Waals surface area contributed by atoms with E-state index in [-0.39, 0.29) is 6.10 Å². The average molecular weight is 229 g/mol. The molecule has 0 saturated heterocycles. The Morgan fingerprint density at radius 3 is 2.73 bits per heavy atom. The van der Waals surface area contributed by atoms with E-state index in [9.17, 15) is 5.11 Å². The summed E-state index contributed by atoms with van der Waals surface area (Å²) in [6.45, 7) is 4.79. The Morgan fingerprint density at radius 1 is 1.47 bits per heavy atom. The Hall–Kier alpha value is -0.450. The summed E-state index contributed by atoms with van der Waals surface area (Å²) in [4.78, 5) is 5.65. The molecule has 15 heavy (non-hydrogen) atoms. The van der Waals surface area contributed by atoms with Crippen LogP contribution in [0.25, 0.3) is 0 Å². The van der Waals surface area contributed by atoms with Crippen LogP contribution in [0.2, 0.25) is 0 Å². The molecule has 1 aromatic rings. The van der Waals surface area contributed by atoms with Crippen molar-refractivity contribution in [3.8, 4) is 0 Å². The van der Waals surface area contributed by atoms with Gasteiger partial charge < -0.3 is 9.84 Å². The lowest BCUT2D eigenvalue weighted by Crippen LogP contribution is -2.11. The van der Waals surface area contributed by atoms with E-state index in [2.05, 4.69) is 11.9 Å². The van der Waals surface area contributed by atoms with Crippen LogP contribution in [-0.2, 0) is 11.2 Å². The van der Waals surface area contributed by atoms with Gasteiger partial charge in [0, 0.05) is 25.0 Å². The molecule has 0 radical (unpaired) electrons. The zero-order valence-corrected chi connectivity index (χ0v) is 10.4. The number of rotatable bonds is 6. The number of methoxy groups -OCH3 is 1. The van der Waals surface area contributed by atoms with Crippen molar-refractivity contribution in [3.05, 3.63) is 15.6 Å². The van der Waals surface area contributed by atoms with E-state index in [1.54, 1.807) is 18.4 Å². The molecule has 1 rings (SSSR count). The van der Waals surface area contributed by atoms with Crippen molar-refractivity contribution >= 4 is 11.3 Å². The molecule has 0 aromatic carbocycles. The second kappa shape index (κ2) is 6.20. The molecule has 0 aliphatic rings. The summed E-state index contributed by atoms with van der Waals surface area (Å²) >= 11 is 1.68. The molecule has 86 valence electrons. The number of thiazole rings is 1. The fourth-order valence-electron chi connectivity index (χ4n) is 1.39. The molecule has 0 bridgehead atoms. The van der Waals surface area contributed by atoms with Crippen LogP contribution in [-0.4, -0.2) is 29.9 Å². The number of aliphatic hydroxyl groups excluding tert-OH is 1. The van der Waals surface area contributed by atoms with Gasteiger partial charge in [-0.1, -0.05) is 0 Å². The largest absolute Gasteiger partial charge is 0.393 e. The van der Waals surface area contributed by atoms with Gasteiger partial charge in [0.25, 0.3) is 0 Å². The SMILES string of the molecule is COCCCC(O)Cc1nc(C)c(C)s1. The molecule has 0 saturated carbocycles. The molecule has 0 fully saturated rings. The minimum Gasteiger partial charge on any atom is -0.393 e. The van der Waals surface area contributed by atoms with Crippen LogP contribution in [0.1, 0.15) is 28.4 Å². The highest BCUT2D eigenvalue weighted by Gasteiger charge is 2.09. The van der Waals surface area contributed by atoms with Crippen molar-refractivity contribution in [1.82, 2.24) is 4.98 Å². The third-order valence-corrected chi connectivity index (χ3v) is 3.46. The zero-order chi connectivity index (χ0) is 11.3. The molecular weight excluding hydrogens is 210 g/mol. The van der Waals surface area contributed by atoms with Gasteiger partial charge >= 0.3 is 0 Å². The summed E-state index contributed by atoms with van der Waals surface area (Å²) < 4.78 is 4.94. The number of hydrogen-bond acceptors (Lipinski definition) is 4. The molecule has 1 heterocycles. The molecule has 1 aromatic heterocycles. The van der Waals surface area contributed by atoms with Gasteiger partial charge in [0.1, 0.15) is 0 Å². The molecule has 0 aliphatic carbocycles. The molecule has 1 N–H and O–H groups in total. The smallest absolute Gasteiger partial charge is 0.0956 e. The Labute approximate surface area is 95.1 Å².